The van der Waals surface area contributed by atoms with Gasteiger partial charge in [-0.2, -0.15) is 5.10 Å². The SMILES string of the molecule is CCOC(=O)c1cccc(-n2c(C)cc(/C=N/NC(=O)Nc3ccccc3OC)c2C)c1. The van der Waals surface area contributed by atoms with Crippen LogP contribution >= 0.6 is 0 Å². The molecule has 0 aliphatic carbocycles. The largest absolute Gasteiger partial charge is 0.495 e. The molecule has 0 saturated carbocycles. The molecule has 0 radical (unpaired) electrons. The Morgan fingerprint density at radius 2 is 1.88 bits per heavy atom. The van der Waals surface area contributed by atoms with E-state index in [-0.39, 0.29) is 5.97 Å². The number of esters is 1. The number of hydrogen-bond donors (Lipinski definition) is 2. The van der Waals surface area contributed by atoms with Gasteiger partial charge in [-0.3, -0.25) is 0 Å². The Morgan fingerprint density at radius 3 is 2.62 bits per heavy atom. The van der Waals surface area contributed by atoms with Crippen LogP contribution < -0.4 is 15.5 Å². The number of carbonyl (C=O) groups excluding carboxylic acids is 2. The highest BCUT2D eigenvalue weighted by molar-refractivity contribution is 5.92. The maximum absolute atomic E-state index is 12.2. The maximum atomic E-state index is 12.2. The molecular formula is C24H26N4O4. The first kappa shape index (κ1) is 22.6. The number of anilines is 1. The molecule has 166 valence electrons. The number of amides is 2. The Bertz CT molecular complexity index is 1150. The van der Waals surface area contributed by atoms with Crippen molar-refractivity contribution in [2.24, 2.45) is 5.10 Å². The number of methoxy groups -OCH3 is 1. The summed E-state index contributed by atoms with van der Waals surface area (Å²) in [4.78, 5) is 24.2. The summed E-state index contributed by atoms with van der Waals surface area (Å²) in [6.45, 7) is 6.00. The number of hydrogen-bond acceptors (Lipinski definition) is 5. The quantitative estimate of drug-likeness (QED) is 0.327. The number of aromatic nitrogens is 1. The van der Waals surface area contributed by atoms with E-state index in [0.717, 1.165) is 22.6 Å². The van der Waals surface area contributed by atoms with E-state index in [2.05, 4.69) is 15.8 Å². The van der Waals surface area contributed by atoms with Gasteiger partial charge in [-0.1, -0.05) is 18.2 Å². The molecule has 8 heteroatoms. The van der Waals surface area contributed by atoms with Crippen LogP contribution in [0.1, 0.15) is 34.2 Å². The average molecular weight is 434 g/mol. The first-order valence-electron chi connectivity index (χ1n) is 10.1. The number of carbonyl (C=O) groups is 2. The van der Waals surface area contributed by atoms with Crippen LogP contribution in [-0.4, -0.2) is 36.5 Å². The van der Waals surface area contributed by atoms with Gasteiger partial charge in [0.25, 0.3) is 0 Å². The number of aryl methyl sites for hydroxylation is 1. The normalized spacial score (nSPS) is 10.8. The number of ether oxygens (including phenoxy) is 2. The Labute approximate surface area is 186 Å². The lowest BCUT2D eigenvalue weighted by Gasteiger charge is -2.11. The van der Waals surface area contributed by atoms with Gasteiger partial charge >= 0.3 is 12.0 Å². The molecule has 0 aliphatic heterocycles. The zero-order valence-corrected chi connectivity index (χ0v) is 18.5. The van der Waals surface area contributed by atoms with Crippen molar-refractivity contribution in [3.8, 4) is 11.4 Å². The van der Waals surface area contributed by atoms with Crippen LogP contribution in [0.5, 0.6) is 5.75 Å². The second-order valence-electron chi connectivity index (χ2n) is 6.96. The molecule has 32 heavy (non-hydrogen) atoms. The molecule has 0 unspecified atom stereocenters. The van der Waals surface area contributed by atoms with Crippen LogP contribution in [0, 0.1) is 13.8 Å². The number of nitrogens with zero attached hydrogens (tertiary/aromatic N) is 2. The van der Waals surface area contributed by atoms with Crippen molar-refractivity contribution in [2.45, 2.75) is 20.8 Å². The average Bonchev–Trinajstić information content (AvgIpc) is 3.07. The number of nitrogens with one attached hydrogen (secondary N) is 2. The van der Waals surface area contributed by atoms with E-state index in [1.807, 2.05) is 42.7 Å². The maximum Gasteiger partial charge on any atom is 0.339 e. The third-order valence-corrected chi connectivity index (χ3v) is 4.81. The zero-order chi connectivity index (χ0) is 23.1. The highest BCUT2D eigenvalue weighted by Gasteiger charge is 2.13. The second kappa shape index (κ2) is 10.3. The van der Waals surface area contributed by atoms with Crippen LogP contribution in [0.3, 0.4) is 0 Å². The van der Waals surface area contributed by atoms with Crippen LogP contribution in [0.4, 0.5) is 10.5 Å². The number of hydrazone groups is 1. The standard InChI is InChI=1S/C24H26N4O4/c1-5-32-23(29)18-9-8-10-20(14-18)28-16(2)13-19(17(28)3)15-25-27-24(30)26-21-11-6-7-12-22(21)31-4/h6-15H,5H2,1-4H3,(H2,26,27,30)/b25-15+. The molecule has 0 saturated heterocycles. The molecule has 0 spiro atoms. The molecule has 1 aromatic heterocycles. The Kier molecular flexibility index (Phi) is 7.28. The molecule has 2 amide bonds. The third kappa shape index (κ3) is 5.15. The molecule has 0 bridgehead atoms. The van der Waals surface area contributed by atoms with E-state index in [1.165, 1.54) is 7.11 Å². The van der Waals surface area contributed by atoms with Crippen molar-refractivity contribution < 1.29 is 19.1 Å². The van der Waals surface area contributed by atoms with Gasteiger partial charge in [-0.05, 0) is 57.2 Å². The predicted octanol–water partition coefficient (Wildman–Crippen LogP) is 4.44. The summed E-state index contributed by atoms with van der Waals surface area (Å²) in [5.41, 5.74) is 7.04. The lowest BCUT2D eigenvalue weighted by molar-refractivity contribution is 0.0526. The van der Waals surface area contributed by atoms with E-state index in [0.29, 0.717) is 23.6 Å². The first-order chi connectivity index (χ1) is 15.4. The van der Waals surface area contributed by atoms with Gasteiger partial charge in [-0.25, -0.2) is 15.0 Å². The highest BCUT2D eigenvalue weighted by Crippen LogP contribution is 2.23. The molecule has 2 N–H and O–H groups in total. The van der Waals surface area contributed by atoms with Crippen molar-refractivity contribution in [1.82, 2.24) is 9.99 Å². The fourth-order valence-corrected chi connectivity index (χ4v) is 3.36. The van der Waals surface area contributed by atoms with E-state index in [1.54, 1.807) is 43.5 Å². The summed E-state index contributed by atoms with van der Waals surface area (Å²) >= 11 is 0. The van der Waals surface area contributed by atoms with E-state index >= 15 is 0 Å². The Balaban J connectivity index is 1.74. The van der Waals surface area contributed by atoms with E-state index in [9.17, 15) is 9.59 Å². The summed E-state index contributed by atoms with van der Waals surface area (Å²) in [7, 11) is 1.54. The topological polar surface area (TPSA) is 94.0 Å². The second-order valence-corrected chi connectivity index (χ2v) is 6.96. The summed E-state index contributed by atoms with van der Waals surface area (Å²) in [6, 6.07) is 15.8. The smallest absolute Gasteiger partial charge is 0.339 e. The Morgan fingerprint density at radius 1 is 1.09 bits per heavy atom. The molecule has 2 aromatic carbocycles. The van der Waals surface area contributed by atoms with Crippen molar-refractivity contribution >= 4 is 23.9 Å². The number of urea groups is 1. The first-order valence-corrected chi connectivity index (χ1v) is 10.1. The number of para-hydroxylation sites is 2. The lowest BCUT2D eigenvalue weighted by atomic mass is 10.2. The fraction of sp³-hybridized carbons (Fsp3) is 0.208. The minimum atomic E-state index is -0.485. The van der Waals surface area contributed by atoms with Crippen LogP contribution in [0.25, 0.3) is 5.69 Å². The van der Waals surface area contributed by atoms with Crippen molar-refractivity contribution in [3.05, 3.63) is 77.1 Å². The molecular weight excluding hydrogens is 408 g/mol. The summed E-state index contributed by atoms with van der Waals surface area (Å²) in [5.74, 6) is 0.198. The predicted molar refractivity (Wildman–Crippen MR) is 124 cm³/mol. The monoisotopic (exact) mass is 434 g/mol. The molecule has 3 aromatic rings. The van der Waals surface area contributed by atoms with Crippen molar-refractivity contribution in [2.75, 3.05) is 19.0 Å². The number of rotatable bonds is 7. The van der Waals surface area contributed by atoms with Crippen LogP contribution in [-0.2, 0) is 4.74 Å². The summed E-state index contributed by atoms with van der Waals surface area (Å²) in [6.07, 6.45) is 1.58. The summed E-state index contributed by atoms with van der Waals surface area (Å²) in [5, 5.41) is 6.75. The summed E-state index contributed by atoms with van der Waals surface area (Å²) < 4.78 is 12.3. The Hall–Kier alpha value is -4.07. The molecule has 1 heterocycles. The van der Waals surface area contributed by atoms with Gasteiger partial charge in [0.05, 0.1) is 31.2 Å². The third-order valence-electron chi connectivity index (χ3n) is 4.81. The van der Waals surface area contributed by atoms with Gasteiger partial charge in [0.1, 0.15) is 5.75 Å². The van der Waals surface area contributed by atoms with Crippen molar-refractivity contribution in [3.63, 3.8) is 0 Å². The molecule has 0 fully saturated rings. The molecule has 0 aliphatic rings. The number of benzene rings is 2. The fourth-order valence-electron chi connectivity index (χ4n) is 3.36. The minimum absolute atomic E-state index is 0.322. The molecule has 0 atom stereocenters. The van der Waals surface area contributed by atoms with Crippen molar-refractivity contribution in [1.29, 1.82) is 0 Å². The molecule has 8 nitrogen and oxygen atoms in total. The van der Waals surface area contributed by atoms with E-state index in [4.69, 9.17) is 9.47 Å². The minimum Gasteiger partial charge on any atom is -0.495 e. The van der Waals surface area contributed by atoms with Gasteiger partial charge in [-0.15, -0.1) is 0 Å². The highest BCUT2D eigenvalue weighted by atomic mass is 16.5. The van der Waals surface area contributed by atoms with Gasteiger partial charge in [0.15, 0.2) is 0 Å². The van der Waals surface area contributed by atoms with Crippen LogP contribution in [0.15, 0.2) is 59.7 Å². The van der Waals surface area contributed by atoms with Crippen LogP contribution in [0.2, 0.25) is 0 Å². The van der Waals surface area contributed by atoms with Gasteiger partial charge < -0.3 is 19.4 Å². The zero-order valence-electron chi connectivity index (χ0n) is 18.5. The lowest BCUT2D eigenvalue weighted by Crippen LogP contribution is -2.24. The van der Waals surface area contributed by atoms with E-state index < -0.39 is 6.03 Å². The van der Waals surface area contributed by atoms with Gasteiger partial charge in [0.2, 0.25) is 0 Å². The van der Waals surface area contributed by atoms with Gasteiger partial charge in [0, 0.05) is 22.6 Å². The molecule has 3 rings (SSSR count).